The lowest BCUT2D eigenvalue weighted by Gasteiger charge is -2.08. The Bertz CT molecular complexity index is 1220. The number of hydrogen-bond donors (Lipinski definition) is 3. The maximum absolute atomic E-state index is 12.4. The third kappa shape index (κ3) is 3.15. The van der Waals surface area contributed by atoms with E-state index < -0.39 is 11.8 Å². The van der Waals surface area contributed by atoms with E-state index in [0.717, 1.165) is 15.6 Å². The van der Waals surface area contributed by atoms with Gasteiger partial charge in [-0.25, -0.2) is 4.68 Å². The molecular weight excluding hydrogens is 346 g/mol. The fourth-order valence-corrected chi connectivity index (χ4v) is 2.87. The highest BCUT2D eigenvalue weighted by molar-refractivity contribution is 6.07. The Balaban J connectivity index is 1.45. The van der Waals surface area contributed by atoms with Crippen molar-refractivity contribution < 1.29 is 9.59 Å². The smallest absolute Gasteiger partial charge is 0.275 e. The van der Waals surface area contributed by atoms with Crippen molar-refractivity contribution in [3.8, 4) is 0 Å². The van der Waals surface area contributed by atoms with Gasteiger partial charge in [-0.05, 0) is 12.1 Å². The quantitative estimate of drug-likeness (QED) is 0.478. The lowest BCUT2D eigenvalue weighted by atomic mass is 10.2. The van der Waals surface area contributed by atoms with Gasteiger partial charge in [-0.2, -0.15) is 5.10 Å². The average molecular weight is 361 g/mol. The van der Waals surface area contributed by atoms with Crippen LogP contribution in [0.3, 0.4) is 0 Å². The molecule has 4 aromatic rings. The van der Waals surface area contributed by atoms with E-state index in [4.69, 9.17) is 0 Å². The van der Waals surface area contributed by atoms with Crippen molar-refractivity contribution in [2.24, 2.45) is 0 Å². The predicted molar refractivity (Wildman–Crippen MR) is 99.9 cm³/mol. The van der Waals surface area contributed by atoms with Crippen LogP contribution in [0.1, 0.15) is 10.4 Å². The molecule has 27 heavy (non-hydrogen) atoms. The van der Waals surface area contributed by atoms with Crippen LogP contribution in [0, 0.1) is 0 Å². The number of hydrazine groups is 1. The Kier molecular flexibility index (Phi) is 4.13. The van der Waals surface area contributed by atoms with Crippen LogP contribution in [0.5, 0.6) is 0 Å². The second kappa shape index (κ2) is 6.75. The molecule has 2 aromatic carbocycles. The van der Waals surface area contributed by atoms with Crippen molar-refractivity contribution in [3.63, 3.8) is 0 Å². The van der Waals surface area contributed by atoms with Crippen LogP contribution in [-0.2, 0) is 11.3 Å². The number of H-pyrrole nitrogens is 1. The number of hydrogen-bond acceptors (Lipinski definition) is 4. The summed E-state index contributed by atoms with van der Waals surface area (Å²) in [5, 5.41) is 5.91. The monoisotopic (exact) mass is 361 g/mol. The first kappa shape index (κ1) is 16.5. The van der Waals surface area contributed by atoms with Gasteiger partial charge in [-0.1, -0.05) is 36.4 Å². The second-order valence-corrected chi connectivity index (χ2v) is 5.94. The average Bonchev–Trinajstić information content (AvgIpc) is 3.13. The van der Waals surface area contributed by atoms with Crippen molar-refractivity contribution in [2.45, 2.75) is 6.54 Å². The van der Waals surface area contributed by atoms with Crippen molar-refractivity contribution in [2.75, 3.05) is 0 Å². The number of nitrogens with zero attached hydrogens (tertiary/aromatic N) is 2. The number of carbonyl (C=O) groups excluding carboxylic acids is 2. The standard InChI is InChI=1S/C19H15N5O3/c25-17(11-24-19(27)13-6-2-1-5-12(13)9-21-24)22-23-18(26)15-10-20-16-8-4-3-7-14(15)16/h1-10,20H,11H2,(H,22,25)(H,23,26). The molecule has 0 aliphatic carbocycles. The summed E-state index contributed by atoms with van der Waals surface area (Å²) in [6.07, 6.45) is 3.09. The highest BCUT2D eigenvalue weighted by Crippen LogP contribution is 2.17. The number of aromatic amines is 1. The summed E-state index contributed by atoms with van der Waals surface area (Å²) in [4.78, 5) is 39.7. The lowest BCUT2D eigenvalue weighted by Crippen LogP contribution is -2.44. The molecule has 0 fully saturated rings. The van der Waals surface area contributed by atoms with Crippen molar-refractivity contribution in [1.82, 2.24) is 25.6 Å². The Labute approximate surface area is 152 Å². The van der Waals surface area contributed by atoms with Crippen molar-refractivity contribution in [3.05, 3.63) is 76.8 Å². The fourth-order valence-electron chi connectivity index (χ4n) is 2.87. The lowest BCUT2D eigenvalue weighted by molar-refractivity contribution is -0.122. The van der Waals surface area contributed by atoms with Gasteiger partial charge in [0.25, 0.3) is 17.4 Å². The topological polar surface area (TPSA) is 109 Å². The normalized spacial score (nSPS) is 10.8. The van der Waals surface area contributed by atoms with Crippen LogP contribution in [0.4, 0.5) is 0 Å². The van der Waals surface area contributed by atoms with E-state index in [-0.39, 0.29) is 12.1 Å². The zero-order valence-electron chi connectivity index (χ0n) is 14.1. The van der Waals surface area contributed by atoms with E-state index in [2.05, 4.69) is 20.9 Å². The minimum Gasteiger partial charge on any atom is -0.360 e. The molecule has 134 valence electrons. The maximum atomic E-state index is 12.4. The maximum Gasteiger partial charge on any atom is 0.275 e. The zero-order chi connectivity index (χ0) is 18.8. The Morgan fingerprint density at radius 2 is 1.74 bits per heavy atom. The minimum absolute atomic E-state index is 0.308. The molecule has 8 heteroatoms. The summed E-state index contributed by atoms with van der Waals surface area (Å²) in [6.45, 7) is -0.308. The Morgan fingerprint density at radius 1 is 1.00 bits per heavy atom. The van der Waals surface area contributed by atoms with Gasteiger partial charge in [0, 0.05) is 22.5 Å². The summed E-state index contributed by atoms with van der Waals surface area (Å²) >= 11 is 0. The highest BCUT2D eigenvalue weighted by Gasteiger charge is 2.13. The van der Waals surface area contributed by atoms with E-state index in [1.165, 1.54) is 6.20 Å². The third-order valence-corrected chi connectivity index (χ3v) is 4.20. The molecular formula is C19H15N5O3. The van der Waals surface area contributed by atoms with Crippen LogP contribution in [0.15, 0.2) is 65.7 Å². The molecule has 0 aliphatic heterocycles. The van der Waals surface area contributed by atoms with E-state index in [9.17, 15) is 14.4 Å². The molecule has 0 bridgehead atoms. The first-order valence-corrected chi connectivity index (χ1v) is 8.23. The first-order valence-electron chi connectivity index (χ1n) is 8.23. The summed E-state index contributed by atoms with van der Waals surface area (Å²) in [5.41, 5.74) is 5.52. The molecule has 8 nitrogen and oxygen atoms in total. The van der Waals surface area contributed by atoms with Crippen LogP contribution in [0.25, 0.3) is 21.7 Å². The van der Waals surface area contributed by atoms with Crippen molar-refractivity contribution in [1.29, 1.82) is 0 Å². The molecule has 0 radical (unpaired) electrons. The predicted octanol–water partition coefficient (Wildman–Crippen LogP) is 1.34. The van der Waals surface area contributed by atoms with Gasteiger partial charge in [0.05, 0.1) is 17.1 Å². The fraction of sp³-hybridized carbons (Fsp3) is 0.0526. The number of nitrogens with one attached hydrogen (secondary N) is 3. The van der Waals surface area contributed by atoms with Crippen molar-refractivity contribution >= 4 is 33.5 Å². The first-order chi connectivity index (χ1) is 13.1. The molecule has 4 rings (SSSR count). The number of carbonyl (C=O) groups is 2. The van der Waals surface area contributed by atoms with Gasteiger partial charge >= 0.3 is 0 Å². The van der Waals surface area contributed by atoms with E-state index in [1.807, 2.05) is 18.2 Å². The highest BCUT2D eigenvalue weighted by atomic mass is 16.2. The van der Waals surface area contributed by atoms with E-state index >= 15 is 0 Å². The summed E-state index contributed by atoms with van der Waals surface area (Å²) in [7, 11) is 0. The minimum atomic E-state index is -0.562. The van der Waals surface area contributed by atoms with Gasteiger partial charge < -0.3 is 4.98 Å². The molecule has 0 saturated carbocycles. The Hall–Kier alpha value is -3.94. The summed E-state index contributed by atoms with van der Waals surface area (Å²) in [6, 6.07) is 14.3. The Morgan fingerprint density at radius 3 is 2.59 bits per heavy atom. The number of para-hydroxylation sites is 1. The zero-order valence-corrected chi connectivity index (χ0v) is 14.1. The molecule has 0 atom stereocenters. The molecule has 0 spiro atoms. The number of benzene rings is 2. The number of amides is 2. The summed E-state index contributed by atoms with van der Waals surface area (Å²) in [5.74, 6) is -1.02. The van der Waals surface area contributed by atoms with Gasteiger partial charge in [0.2, 0.25) is 0 Å². The number of fused-ring (bicyclic) bond motifs is 2. The molecule has 2 aromatic heterocycles. The molecule has 0 aliphatic rings. The van der Waals surface area contributed by atoms with Gasteiger partial charge in [-0.15, -0.1) is 0 Å². The largest absolute Gasteiger partial charge is 0.360 e. The molecule has 3 N–H and O–H groups in total. The number of aromatic nitrogens is 3. The molecule has 0 saturated heterocycles. The van der Waals surface area contributed by atoms with E-state index in [1.54, 1.807) is 36.5 Å². The molecule has 0 unspecified atom stereocenters. The number of rotatable bonds is 3. The van der Waals surface area contributed by atoms with E-state index in [0.29, 0.717) is 16.3 Å². The van der Waals surface area contributed by atoms with Gasteiger partial charge in [-0.3, -0.25) is 25.2 Å². The second-order valence-electron chi connectivity index (χ2n) is 5.94. The molecule has 2 amide bonds. The van der Waals surface area contributed by atoms with Gasteiger partial charge in [0.1, 0.15) is 6.54 Å². The van der Waals surface area contributed by atoms with Crippen LogP contribution in [0.2, 0.25) is 0 Å². The van der Waals surface area contributed by atoms with Gasteiger partial charge in [0.15, 0.2) is 0 Å². The van der Waals surface area contributed by atoms with Crippen LogP contribution >= 0.6 is 0 Å². The van der Waals surface area contributed by atoms with Crippen LogP contribution in [-0.4, -0.2) is 26.6 Å². The SMILES string of the molecule is O=C(Cn1ncc2ccccc2c1=O)NNC(=O)c1c[nH]c2ccccc12. The molecule has 2 heterocycles. The van der Waals surface area contributed by atoms with Crippen LogP contribution < -0.4 is 16.4 Å². The third-order valence-electron chi connectivity index (χ3n) is 4.20. The summed E-state index contributed by atoms with van der Waals surface area (Å²) < 4.78 is 1.05.